The Kier molecular flexibility index (Phi) is 4.79. The van der Waals surface area contributed by atoms with E-state index in [1.165, 1.54) is 6.08 Å². The summed E-state index contributed by atoms with van der Waals surface area (Å²) in [6.07, 6.45) is 4.21. The smallest absolute Gasteiger partial charge is 0.306 e. The van der Waals surface area contributed by atoms with Crippen molar-refractivity contribution in [3.8, 4) is 0 Å². The minimum Gasteiger partial charge on any atom is -0.481 e. The van der Waals surface area contributed by atoms with Crippen LogP contribution in [-0.4, -0.2) is 35.0 Å². The highest BCUT2D eigenvalue weighted by Crippen LogP contribution is 2.19. The molecule has 0 saturated carbocycles. The molecule has 1 N–H and O–H groups in total. The molecular formula is C15H16ClNO3. The molecule has 0 aliphatic carbocycles. The highest BCUT2D eigenvalue weighted by atomic mass is 35.5. The summed E-state index contributed by atoms with van der Waals surface area (Å²) in [5, 5.41) is 9.51. The summed E-state index contributed by atoms with van der Waals surface area (Å²) in [6.45, 7) is 0.978. The molecule has 4 nitrogen and oxygen atoms in total. The summed E-state index contributed by atoms with van der Waals surface area (Å²) < 4.78 is 0. The molecule has 2 rings (SSSR count). The second-order valence-corrected chi connectivity index (χ2v) is 5.20. The molecule has 1 amide bonds. The van der Waals surface area contributed by atoms with Gasteiger partial charge in [-0.2, -0.15) is 0 Å². The van der Waals surface area contributed by atoms with Gasteiger partial charge in [-0.3, -0.25) is 9.59 Å². The third-order valence-corrected chi connectivity index (χ3v) is 3.81. The number of carboxylic acid groups (broad SMARTS) is 1. The molecule has 0 atom stereocenters. The number of carboxylic acids is 1. The molecule has 1 fully saturated rings. The molecule has 1 aromatic rings. The summed E-state index contributed by atoms with van der Waals surface area (Å²) in [5.41, 5.74) is 0.794. The van der Waals surface area contributed by atoms with Gasteiger partial charge in [-0.25, -0.2) is 0 Å². The first-order valence-electron chi connectivity index (χ1n) is 6.52. The number of aliphatic carboxylic acids is 1. The van der Waals surface area contributed by atoms with Gasteiger partial charge in [0, 0.05) is 24.2 Å². The van der Waals surface area contributed by atoms with Gasteiger partial charge in [0.15, 0.2) is 0 Å². The normalized spacial score (nSPS) is 16.6. The van der Waals surface area contributed by atoms with Gasteiger partial charge in [0.25, 0.3) is 0 Å². The molecule has 1 aromatic carbocycles. The topological polar surface area (TPSA) is 57.6 Å². The van der Waals surface area contributed by atoms with E-state index >= 15 is 0 Å². The fourth-order valence-corrected chi connectivity index (χ4v) is 2.42. The van der Waals surface area contributed by atoms with Crippen LogP contribution in [0.25, 0.3) is 6.08 Å². The van der Waals surface area contributed by atoms with Crippen LogP contribution in [0, 0.1) is 5.92 Å². The van der Waals surface area contributed by atoms with Gasteiger partial charge in [0.05, 0.1) is 5.92 Å². The number of likely N-dealkylation sites (tertiary alicyclic amines) is 1. The molecule has 1 heterocycles. The van der Waals surface area contributed by atoms with Gasteiger partial charge >= 0.3 is 5.97 Å². The standard InChI is InChI=1S/C15H16ClNO3/c16-13-4-2-1-3-11(13)5-6-14(18)17-9-7-12(8-10-17)15(19)20/h1-6,12H,7-10H2,(H,19,20)/b6-5+. The van der Waals surface area contributed by atoms with Crippen LogP contribution < -0.4 is 0 Å². The van der Waals surface area contributed by atoms with Crippen molar-refractivity contribution < 1.29 is 14.7 Å². The molecule has 1 saturated heterocycles. The second kappa shape index (κ2) is 6.57. The fraction of sp³-hybridized carbons (Fsp3) is 0.333. The third kappa shape index (κ3) is 3.61. The molecule has 0 spiro atoms. The number of rotatable bonds is 3. The van der Waals surface area contributed by atoms with Crippen molar-refractivity contribution >= 4 is 29.6 Å². The van der Waals surface area contributed by atoms with Gasteiger partial charge in [-0.05, 0) is 30.5 Å². The monoisotopic (exact) mass is 293 g/mol. The Morgan fingerprint density at radius 2 is 1.90 bits per heavy atom. The Labute approximate surface area is 122 Å². The molecular weight excluding hydrogens is 278 g/mol. The number of benzene rings is 1. The minimum atomic E-state index is -0.774. The lowest BCUT2D eigenvalue weighted by Crippen LogP contribution is -2.39. The van der Waals surface area contributed by atoms with Crippen LogP contribution in [0.2, 0.25) is 5.02 Å². The maximum absolute atomic E-state index is 12.0. The summed E-state index contributed by atoms with van der Waals surface area (Å²) in [6, 6.07) is 7.29. The Balaban J connectivity index is 1.93. The Hall–Kier alpha value is -1.81. The molecule has 5 heteroatoms. The van der Waals surface area contributed by atoms with Crippen LogP contribution in [0.1, 0.15) is 18.4 Å². The average Bonchev–Trinajstić information content (AvgIpc) is 2.46. The van der Waals surface area contributed by atoms with Gasteiger partial charge in [-0.15, -0.1) is 0 Å². The number of halogens is 1. The van der Waals surface area contributed by atoms with E-state index in [1.807, 2.05) is 18.2 Å². The van der Waals surface area contributed by atoms with E-state index in [0.29, 0.717) is 31.0 Å². The quantitative estimate of drug-likeness (QED) is 0.872. The molecule has 1 aliphatic rings. The van der Waals surface area contributed by atoms with Gasteiger partial charge in [-0.1, -0.05) is 29.8 Å². The number of piperidine rings is 1. The Bertz CT molecular complexity index is 534. The second-order valence-electron chi connectivity index (χ2n) is 4.79. The van der Waals surface area contributed by atoms with E-state index in [-0.39, 0.29) is 11.8 Å². The predicted molar refractivity (Wildman–Crippen MR) is 77.4 cm³/mol. The zero-order valence-electron chi connectivity index (χ0n) is 11.0. The number of hydrogen-bond acceptors (Lipinski definition) is 2. The molecule has 0 unspecified atom stereocenters. The summed E-state index contributed by atoms with van der Waals surface area (Å²) >= 11 is 6.01. The van der Waals surface area contributed by atoms with E-state index in [0.717, 1.165) is 5.56 Å². The molecule has 106 valence electrons. The average molecular weight is 294 g/mol. The lowest BCUT2D eigenvalue weighted by atomic mass is 9.97. The maximum atomic E-state index is 12.0. The van der Waals surface area contributed by atoms with Crippen molar-refractivity contribution in [2.75, 3.05) is 13.1 Å². The molecule has 0 radical (unpaired) electrons. The first-order valence-corrected chi connectivity index (χ1v) is 6.90. The minimum absolute atomic E-state index is 0.103. The van der Waals surface area contributed by atoms with E-state index in [9.17, 15) is 9.59 Å². The molecule has 1 aliphatic heterocycles. The Morgan fingerprint density at radius 3 is 2.50 bits per heavy atom. The van der Waals surface area contributed by atoms with E-state index < -0.39 is 5.97 Å². The number of carbonyl (C=O) groups is 2. The summed E-state index contributed by atoms with van der Waals surface area (Å²) in [4.78, 5) is 24.5. The molecule has 0 bridgehead atoms. The first-order chi connectivity index (χ1) is 9.58. The van der Waals surface area contributed by atoms with E-state index in [4.69, 9.17) is 16.7 Å². The van der Waals surface area contributed by atoms with Gasteiger partial charge in [0.1, 0.15) is 0 Å². The highest BCUT2D eigenvalue weighted by molar-refractivity contribution is 6.32. The summed E-state index contributed by atoms with van der Waals surface area (Å²) in [7, 11) is 0. The van der Waals surface area contributed by atoms with Crippen LogP contribution in [-0.2, 0) is 9.59 Å². The maximum Gasteiger partial charge on any atom is 0.306 e. The number of carbonyl (C=O) groups excluding carboxylic acids is 1. The van der Waals surface area contributed by atoms with Crippen molar-refractivity contribution in [3.63, 3.8) is 0 Å². The van der Waals surface area contributed by atoms with Crippen LogP contribution >= 0.6 is 11.6 Å². The lowest BCUT2D eigenvalue weighted by Gasteiger charge is -2.29. The van der Waals surface area contributed by atoms with Crippen molar-refractivity contribution in [3.05, 3.63) is 40.9 Å². The van der Waals surface area contributed by atoms with Gasteiger partial charge < -0.3 is 10.0 Å². The largest absolute Gasteiger partial charge is 0.481 e. The number of amides is 1. The van der Waals surface area contributed by atoms with Crippen molar-refractivity contribution in [2.24, 2.45) is 5.92 Å². The van der Waals surface area contributed by atoms with Crippen LogP contribution in [0.15, 0.2) is 30.3 Å². The zero-order valence-corrected chi connectivity index (χ0v) is 11.7. The SMILES string of the molecule is O=C(O)C1CCN(C(=O)/C=C/c2ccccc2Cl)CC1. The summed E-state index contributed by atoms with van der Waals surface area (Å²) in [5.74, 6) is -1.20. The first kappa shape index (κ1) is 14.6. The molecule has 0 aromatic heterocycles. The van der Waals surface area contributed by atoms with Crippen molar-refractivity contribution in [2.45, 2.75) is 12.8 Å². The highest BCUT2D eigenvalue weighted by Gasteiger charge is 2.25. The Morgan fingerprint density at radius 1 is 1.25 bits per heavy atom. The lowest BCUT2D eigenvalue weighted by molar-refractivity contribution is -0.144. The number of nitrogens with zero attached hydrogens (tertiary/aromatic N) is 1. The number of hydrogen-bond donors (Lipinski definition) is 1. The van der Waals surface area contributed by atoms with Crippen molar-refractivity contribution in [1.29, 1.82) is 0 Å². The van der Waals surface area contributed by atoms with Crippen molar-refractivity contribution in [1.82, 2.24) is 4.90 Å². The third-order valence-electron chi connectivity index (χ3n) is 3.47. The molecule has 20 heavy (non-hydrogen) atoms. The zero-order chi connectivity index (χ0) is 14.5. The van der Waals surface area contributed by atoms with Crippen LogP contribution in [0.4, 0.5) is 0 Å². The fourth-order valence-electron chi connectivity index (χ4n) is 2.22. The van der Waals surface area contributed by atoms with E-state index in [1.54, 1.807) is 17.0 Å². The van der Waals surface area contributed by atoms with Crippen LogP contribution in [0.5, 0.6) is 0 Å². The predicted octanol–water partition coefficient (Wildman–Crippen LogP) is 2.68. The van der Waals surface area contributed by atoms with Crippen LogP contribution in [0.3, 0.4) is 0 Å². The van der Waals surface area contributed by atoms with E-state index in [2.05, 4.69) is 0 Å². The van der Waals surface area contributed by atoms with Gasteiger partial charge in [0.2, 0.25) is 5.91 Å².